The van der Waals surface area contributed by atoms with Crippen LogP contribution in [0.25, 0.3) is 6.08 Å². The standard InChI is InChI=1S/C10H10N2/c11-8-10(12)7-6-9-4-2-1-3-5-9/h1-7,10H,12H2/b7-6+. The van der Waals surface area contributed by atoms with Gasteiger partial charge >= 0.3 is 0 Å². The summed E-state index contributed by atoms with van der Waals surface area (Å²) in [6, 6.07) is 11.2. The van der Waals surface area contributed by atoms with E-state index in [4.69, 9.17) is 11.0 Å². The number of hydrogen-bond donors (Lipinski definition) is 1. The van der Waals surface area contributed by atoms with Crippen molar-refractivity contribution in [3.05, 3.63) is 42.0 Å². The molecule has 0 spiro atoms. The first-order chi connectivity index (χ1) is 5.83. The monoisotopic (exact) mass is 158 g/mol. The third-order valence-electron chi connectivity index (χ3n) is 1.44. The van der Waals surface area contributed by atoms with Gasteiger partial charge in [0.05, 0.1) is 6.07 Å². The first kappa shape index (κ1) is 8.51. The normalized spacial score (nSPS) is 12.7. The summed E-state index contributed by atoms with van der Waals surface area (Å²) in [4.78, 5) is 0. The topological polar surface area (TPSA) is 49.8 Å². The fraction of sp³-hybridized carbons (Fsp3) is 0.100. The van der Waals surface area contributed by atoms with Crippen LogP contribution in [0.15, 0.2) is 36.4 Å². The molecule has 2 heteroatoms. The molecule has 0 fully saturated rings. The number of rotatable bonds is 2. The molecular weight excluding hydrogens is 148 g/mol. The van der Waals surface area contributed by atoms with Gasteiger partial charge < -0.3 is 5.73 Å². The molecule has 0 bridgehead atoms. The van der Waals surface area contributed by atoms with E-state index in [0.717, 1.165) is 5.56 Å². The zero-order chi connectivity index (χ0) is 8.81. The van der Waals surface area contributed by atoms with Crippen LogP contribution in [-0.2, 0) is 0 Å². The number of nitrogens with two attached hydrogens (primary N) is 1. The molecule has 0 saturated carbocycles. The van der Waals surface area contributed by atoms with E-state index in [0.29, 0.717) is 0 Å². The average Bonchev–Trinajstić information content (AvgIpc) is 2.16. The van der Waals surface area contributed by atoms with Gasteiger partial charge in [-0.3, -0.25) is 0 Å². The van der Waals surface area contributed by atoms with Gasteiger partial charge in [-0.05, 0) is 5.56 Å². The second-order valence-corrected chi connectivity index (χ2v) is 2.42. The lowest BCUT2D eigenvalue weighted by Crippen LogP contribution is -2.12. The molecule has 0 saturated heterocycles. The van der Waals surface area contributed by atoms with Crippen LogP contribution in [0.4, 0.5) is 0 Å². The molecule has 1 aromatic rings. The lowest BCUT2D eigenvalue weighted by atomic mass is 10.2. The summed E-state index contributed by atoms with van der Waals surface area (Å²) in [5.41, 5.74) is 6.43. The molecule has 0 aliphatic heterocycles. The highest BCUT2D eigenvalue weighted by molar-refractivity contribution is 5.50. The Bertz CT molecular complexity index is 295. The van der Waals surface area contributed by atoms with Crippen molar-refractivity contribution in [1.29, 1.82) is 5.26 Å². The number of nitriles is 1. The van der Waals surface area contributed by atoms with Crippen LogP contribution in [0.2, 0.25) is 0 Å². The summed E-state index contributed by atoms with van der Waals surface area (Å²) in [6.45, 7) is 0. The molecule has 12 heavy (non-hydrogen) atoms. The Labute approximate surface area is 71.9 Å². The van der Waals surface area contributed by atoms with E-state index in [1.807, 2.05) is 42.5 Å². The van der Waals surface area contributed by atoms with E-state index in [2.05, 4.69) is 0 Å². The zero-order valence-corrected chi connectivity index (χ0v) is 6.64. The molecule has 0 aliphatic carbocycles. The van der Waals surface area contributed by atoms with Crippen molar-refractivity contribution in [1.82, 2.24) is 0 Å². The van der Waals surface area contributed by atoms with Crippen molar-refractivity contribution in [2.45, 2.75) is 6.04 Å². The summed E-state index contributed by atoms with van der Waals surface area (Å²) in [6.07, 6.45) is 3.52. The Kier molecular flexibility index (Phi) is 3.06. The van der Waals surface area contributed by atoms with Gasteiger partial charge in [0.15, 0.2) is 0 Å². The van der Waals surface area contributed by atoms with Crippen LogP contribution in [0.5, 0.6) is 0 Å². The van der Waals surface area contributed by atoms with Crippen molar-refractivity contribution in [2.24, 2.45) is 5.73 Å². The molecule has 0 heterocycles. The fourth-order valence-corrected chi connectivity index (χ4v) is 0.822. The third kappa shape index (κ3) is 2.57. The Morgan fingerprint density at radius 3 is 2.58 bits per heavy atom. The van der Waals surface area contributed by atoms with Crippen molar-refractivity contribution in [2.75, 3.05) is 0 Å². The minimum absolute atomic E-state index is 0.509. The van der Waals surface area contributed by atoms with Gasteiger partial charge in [-0.2, -0.15) is 5.26 Å². The van der Waals surface area contributed by atoms with Crippen LogP contribution in [0.3, 0.4) is 0 Å². The Morgan fingerprint density at radius 2 is 2.00 bits per heavy atom. The molecule has 0 radical (unpaired) electrons. The minimum atomic E-state index is -0.509. The van der Waals surface area contributed by atoms with Gasteiger partial charge in [-0.25, -0.2) is 0 Å². The molecule has 2 N–H and O–H groups in total. The second-order valence-electron chi connectivity index (χ2n) is 2.42. The van der Waals surface area contributed by atoms with Crippen LogP contribution < -0.4 is 5.73 Å². The van der Waals surface area contributed by atoms with Crippen molar-refractivity contribution in [3.8, 4) is 6.07 Å². The Hall–Kier alpha value is -1.59. The van der Waals surface area contributed by atoms with E-state index in [-0.39, 0.29) is 0 Å². The molecule has 60 valence electrons. The van der Waals surface area contributed by atoms with Gasteiger partial charge in [0.1, 0.15) is 6.04 Å². The molecule has 1 rings (SSSR count). The zero-order valence-electron chi connectivity index (χ0n) is 6.64. The molecular formula is C10H10N2. The number of hydrogen-bond acceptors (Lipinski definition) is 2. The number of nitrogens with zero attached hydrogens (tertiary/aromatic N) is 1. The average molecular weight is 158 g/mol. The van der Waals surface area contributed by atoms with E-state index in [1.165, 1.54) is 0 Å². The molecule has 1 unspecified atom stereocenters. The van der Waals surface area contributed by atoms with E-state index in [9.17, 15) is 0 Å². The molecule has 0 aliphatic rings. The second kappa shape index (κ2) is 4.32. The molecule has 1 atom stereocenters. The lowest BCUT2D eigenvalue weighted by Gasteiger charge is -1.92. The number of benzene rings is 1. The summed E-state index contributed by atoms with van der Waals surface area (Å²) in [5.74, 6) is 0. The maximum atomic E-state index is 8.39. The first-order valence-electron chi connectivity index (χ1n) is 3.71. The van der Waals surface area contributed by atoms with Crippen LogP contribution >= 0.6 is 0 Å². The van der Waals surface area contributed by atoms with Gasteiger partial charge in [0.25, 0.3) is 0 Å². The van der Waals surface area contributed by atoms with Crippen LogP contribution in [0.1, 0.15) is 5.56 Å². The van der Waals surface area contributed by atoms with Crippen molar-refractivity contribution in [3.63, 3.8) is 0 Å². The third-order valence-corrected chi connectivity index (χ3v) is 1.44. The van der Waals surface area contributed by atoms with Gasteiger partial charge in [0.2, 0.25) is 0 Å². The van der Waals surface area contributed by atoms with E-state index < -0.39 is 6.04 Å². The Morgan fingerprint density at radius 1 is 1.33 bits per heavy atom. The van der Waals surface area contributed by atoms with E-state index >= 15 is 0 Å². The van der Waals surface area contributed by atoms with Crippen LogP contribution in [0, 0.1) is 11.3 Å². The highest BCUT2D eigenvalue weighted by Crippen LogP contribution is 2.00. The summed E-state index contributed by atoms with van der Waals surface area (Å²) < 4.78 is 0. The summed E-state index contributed by atoms with van der Waals surface area (Å²) in [5, 5.41) is 8.39. The maximum absolute atomic E-state index is 8.39. The summed E-state index contributed by atoms with van der Waals surface area (Å²) >= 11 is 0. The van der Waals surface area contributed by atoms with Gasteiger partial charge in [0, 0.05) is 0 Å². The smallest absolute Gasteiger partial charge is 0.112 e. The molecule has 1 aromatic carbocycles. The largest absolute Gasteiger partial charge is 0.313 e. The van der Waals surface area contributed by atoms with Crippen LogP contribution in [-0.4, -0.2) is 6.04 Å². The van der Waals surface area contributed by atoms with Crippen molar-refractivity contribution < 1.29 is 0 Å². The lowest BCUT2D eigenvalue weighted by molar-refractivity contribution is 1.05. The molecule has 0 aromatic heterocycles. The summed E-state index contributed by atoms with van der Waals surface area (Å²) in [7, 11) is 0. The minimum Gasteiger partial charge on any atom is -0.313 e. The molecule has 2 nitrogen and oxygen atoms in total. The van der Waals surface area contributed by atoms with Gasteiger partial charge in [-0.15, -0.1) is 0 Å². The van der Waals surface area contributed by atoms with Gasteiger partial charge in [-0.1, -0.05) is 42.5 Å². The highest BCUT2D eigenvalue weighted by Gasteiger charge is 1.90. The maximum Gasteiger partial charge on any atom is 0.112 e. The predicted octanol–water partition coefficient (Wildman–Crippen LogP) is 1.55. The predicted molar refractivity (Wildman–Crippen MR) is 49.1 cm³/mol. The van der Waals surface area contributed by atoms with Crippen molar-refractivity contribution >= 4 is 6.08 Å². The first-order valence-corrected chi connectivity index (χ1v) is 3.71. The quantitative estimate of drug-likeness (QED) is 0.709. The molecule has 0 amide bonds. The Balaban J connectivity index is 2.65. The highest BCUT2D eigenvalue weighted by atomic mass is 14.6. The SMILES string of the molecule is N#CC(N)/C=C/c1ccccc1. The van der Waals surface area contributed by atoms with E-state index in [1.54, 1.807) is 6.08 Å². The fourth-order valence-electron chi connectivity index (χ4n) is 0.822.